The molecule has 3 nitrogen and oxygen atoms in total. The van der Waals surface area contributed by atoms with Crippen LogP contribution < -0.4 is 0 Å². The number of morpholine rings is 1. The molecule has 110 valence electrons. The fourth-order valence-electron chi connectivity index (χ4n) is 2.70. The molecule has 2 atom stereocenters. The number of amides is 1. The van der Waals surface area contributed by atoms with Gasteiger partial charge in [0.15, 0.2) is 0 Å². The maximum Gasteiger partial charge on any atom is 0.264 e. The normalized spacial score (nSPS) is 26.4. The number of fused-ring (bicyclic) bond motifs is 1. The Morgan fingerprint density at radius 3 is 3.15 bits per heavy atom. The number of carbonyl (C=O) groups is 1. The molecule has 2 aliphatic rings. The molecule has 0 bridgehead atoms. The van der Waals surface area contributed by atoms with Gasteiger partial charge in [0.05, 0.1) is 23.0 Å². The van der Waals surface area contributed by atoms with Crippen LogP contribution in [-0.4, -0.2) is 47.7 Å². The minimum absolute atomic E-state index is 0.0468. The molecule has 0 spiro atoms. The predicted molar refractivity (Wildman–Crippen MR) is 85.1 cm³/mol. The second-order valence-corrected chi connectivity index (χ2v) is 7.85. The maximum absolute atomic E-state index is 12.7. The van der Waals surface area contributed by atoms with Crippen molar-refractivity contribution >= 4 is 40.6 Å². The molecule has 6 heteroatoms. The molecular formula is C14H18ClNO2S2. The summed E-state index contributed by atoms with van der Waals surface area (Å²) in [4.78, 5) is 16.8. The third kappa shape index (κ3) is 3.01. The van der Waals surface area contributed by atoms with E-state index in [1.54, 1.807) is 11.3 Å². The fraction of sp³-hybridized carbons (Fsp3) is 0.643. The monoisotopic (exact) mass is 331 g/mol. The number of rotatable bonds is 2. The third-order valence-electron chi connectivity index (χ3n) is 3.62. The van der Waals surface area contributed by atoms with Gasteiger partial charge in [-0.1, -0.05) is 0 Å². The molecular weight excluding hydrogens is 314 g/mol. The number of aryl methyl sites for hydroxylation is 1. The molecule has 0 aromatic carbocycles. The van der Waals surface area contributed by atoms with Crippen LogP contribution in [-0.2, 0) is 16.9 Å². The molecule has 0 saturated carbocycles. The molecule has 20 heavy (non-hydrogen) atoms. The third-order valence-corrected chi connectivity index (χ3v) is 6.20. The Hall–Kier alpha value is -0.230. The molecule has 1 amide bonds. The molecule has 0 N–H and O–H groups in total. The van der Waals surface area contributed by atoms with Crippen molar-refractivity contribution in [1.82, 2.24) is 4.90 Å². The van der Waals surface area contributed by atoms with Crippen molar-refractivity contribution in [3.63, 3.8) is 0 Å². The zero-order valence-corrected chi connectivity index (χ0v) is 13.8. The predicted octanol–water partition coefficient (Wildman–Crippen LogP) is 3.01. The number of alkyl halides is 1. The lowest BCUT2D eigenvalue weighted by molar-refractivity contribution is -0.0569. The molecule has 0 aliphatic carbocycles. The zero-order chi connectivity index (χ0) is 14.1. The van der Waals surface area contributed by atoms with Gasteiger partial charge in [-0.25, -0.2) is 0 Å². The van der Waals surface area contributed by atoms with Crippen LogP contribution in [0.25, 0.3) is 0 Å². The summed E-state index contributed by atoms with van der Waals surface area (Å²) in [6.07, 6.45) is 1.11. The molecule has 2 aliphatic heterocycles. The van der Waals surface area contributed by atoms with Crippen LogP contribution in [0, 0.1) is 0 Å². The van der Waals surface area contributed by atoms with E-state index in [0.29, 0.717) is 19.0 Å². The summed E-state index contributed by atoms with van der Waals surface area (Å²) in [5.74, 6) is 2.79. The highest BCUT2D eigenvalue weighted by Crippen LogP contribution is 2.32. The smallest absolute Gasteiger partial charge is 0.264 e. The average molecular weight is 332 g/mol. The Kier molecular flexibility index (Phi) is 4.60. The van der Waals surface area contributed by atoms with Crippen LogP contribution in [0.5, 0.6) is 0 Å². The Morgan fingerprint density at radius 2 is 2.40 bits per heavy atom. The Labute approximate surface area is 132 Å². The molecule has 1 fully saturated rings. The second-order valence-electron chi connectivity index (χ2n) is 5.29. The second kappa shape index (κ2) is 6.26. The minimum atomic E-state index is -0.0468. The number of hydrogen-bond donors (Lipinski definition) is 0. The Bertz CT molecular complexity index is 482. The molecule has 2 unspecified atom stereocenters. The summed E-state index contributed by atoms with van der Waals surface area (Å²) in [6.45, 7) is 3.25. The van der Waals surface area contributed by atoms with Crippen LogP contribution in [0.4, 0.5) is 0 Å². The van der Waals surface area contributed by atoms with Crippen molar-refractivity contribution in [2.75, 3.05) is 24.7 Å². The number of thioether (sulfide) groups is 1. The van der Waals surface area contributed by atoms with E-state index in [2.05, 4.69) is 6.07 Å². The van der Waals surface area contributed by atoms with Crippen molar-refractivity contribution in [2.24, 2.45) is 0 Å². The van der Waals surface area contributed by atoms with E-state index < -0.39 is 0 Å². The molecule has 1 aromatic rings. The molecule has 3 rings (SSSR count). The summed E-state index contributed by atoms with van der Waals surface area (Å²) >= 11 is 9.50. The SMILES string of the molecule is CC1CN(C(=O)c2cc3c(s2)CCSC3)CC(CCl)O1. The van der Waals surface area contributed by atoms with Gasteiger partial charge in [0.1, 0.15) is 0 Å². The standard InChI is InChI=1S/C14H18ClNO2S2/c1-9-6-16(7-11(5-15)18-9)14(17)13-4-10-8-19-3-2-12(10)20-13/h4,9,11H,2-3,5-8H2,1H3. The molecule has 3 heterocycles. The van der Waals surface area contributed by atoms with E-state index in [4.69, 9.17) is 16.3 Å². The van der Waals surface area contributed by atoms with Gasteiger partial charge in [0.2, 0.25) is 0 Å². The quantitative estimate of drug-likeness (QED) is 0.780. The van der Waals surface area contributed by atoms with E-state index in [1.165, 1.54) is 16.2 Å². The molecule has 0 radical (unpaired) electrons. The Balaban J connectivity index is 1.76. The zero-order valence-electron chi connectivity index (χ0n) is 11.4. The summed E-state index contributed by atoms with van der Waals surface area (Å²) in [7, 11) is 0. The van der Waals surface area contributed by atoms with Gasteiger partial charge in [-0.05, 0) is 30.7 Å². The highest BCUT2D eigenvalue weighted by Gasteiger charge is 2.30. The number of halogens is 1. The van der Waals surface area contributed by atoms with E-state index in [-0.39, 0.29) is 18.1 Å². The summed E-state index contributed by atoms with van der Waals surface area (Å²) in [5.41, 5.74) is 1.35. The van der Waals surface area contributed by atoms with Crippen molar-refractivity contribution < 1.29 is 9.53 Å². The summed E-state index contributed by atoms with van der Waals surface area (Å²) < 4.78 is 5.71. The van der Waals surface area contributed by atoms with E-state index in [0.717, 1.165) is 17.1 Å². The average Bonchev–Trinajstić information content (AvgIpc) is 2.89. The number of hydrogen-bond acceptors (Lipinski definition) is 4. The topological polar surface area (TPSA) is 29.5 Å². The minimum Gasteiger partial charge on any atom is -0.370 e. The number of nitrogens with zero attached hydrogens (tertiary/aromatic N) is 1. The van der Waals surface area contributed by atoms with Crippen molar-refractivity contribution in [3.8, 4) is 0 Å². The lowest BCUT2D eigenvalue weighted by Gasteiger charge is -2.35. The van der Waals surface area contributed by atoms with Crippen molar-refractivity contribution in [2.45, 2.75) is 31.3 Å². The van der Waals surface area contributed by atoms with Gasteiger partial charge < -0.3 is 9.64 Å². The Morgan fingerprint density at radius 1 is 1.55 bits per heavy atom. The van der Waals surface area contributed by atoms with Gasteiger partial charge in [-0.3, -0.25) is 4.79 Å². The largest absolute Gasteiger partial charge is 0.370 e. The van der Waals surface area contributed by atoms with Gasteiger partial charge in [0.25, 0.3) is 5.91 Å². The van der Waals surface area contributed by atoms with Gasteiger partial charge in [0, 0.05) is 23.7 Å². The van der Waals surface area contributed by atoms with Gasteiger partial charge in [-0.15, -0.1) is 22.9 Å². The first-order chi connectivity index (χ1) is 9.67. The number of thiophene rings is 1. The maximum atomic E-state index is 12.7. The highest BCUT2D eigenvalue weighted by molar-refractivity contribution is 7.98. The van der Waals surface area contributed by atoms with Crippen LogP contribution in [0.1, 0.15) is 27.0 Å². The fourth-order valence-corrected chi connectivity index (χ4v) is 5.22. The van der Waals surface area contributed by atoms with Crippen molar-refractivity contribution in [1.29, 1.82) is 0 Å². The first-order valence-electron chi connectivity index (χ1n) is 6.87. The summed E-state index contributed by atoms with van der Waals surface area (Å²) in [5, 5.41) is 0. The molecule has 1 saturated heterocycles. The van der Waals surface area contributed by atoms with Crippen molar-refractivity contribution in [3.05, 3.63) is 21.4 Å². The van der Waals surface area contributed by atoms with Gasteiger partial charge in [-0.2, -0.15) is 11.8 Å². The van der Waals surface area contributed by atoms with E-state index in [9.17, 15) is 4.79 Å². The lowest BCUT2D eigenvalue weighted by Crippen LogP contribution is -2.49. The van der Waals surface area contributed by atoms with Gasteiger partial charge >= 0.3 is 0 Å². The first-order valence-corrected chi connectivity index (χ1v) is 9.38. The number of ether oxygens (including phenoxy) is 1. The first kappa shape index (κ1) is 14.7. The number of carbonyl (C=O) groups excluding carboxylic acids is 1. The van der Waals surface area contributed by atoms with Crippen LogP contribution in [0.15, 0.2) is 6.07 Å². The summed E-state index contributed by atoms with van der Waals surface area (Å²) in [6, 6.07) is 2.09. The van der Waals surface area contributed by atoms with E-state index in [1.807, 2.05) is 23.6 Å². The lowest BCUT2D eigenvalue weighted by atomic mass is 10.2. The van der Waals surface area contributed by atoms with Crippen LogP contribution >= 0.6 is 34.7 Å². The highest BCUT2D eigenvalue weighted by atomic mass is 35.5. The molecule has 1 aromatic heterocycles. The van der Waals surface area contributed by atoms with Crippen LogP contribution in [0.2, 0.25) is 0 Å². The van der Waals surface area contributed by atoms with E-state index >= 15 is 0 Å². The van der Waals surface area contributed by atoms with Crippen LogP contribution in [0.3, 0.4) is 0 Å².